The van der Waals surface area contributed by atoms with Gasteiger partial charge in [0, 0.05) is 42.9 Å². The fourth-order valence-corrected chi connectivity index (χ4v) is 5.57. The molecular weight excluding hydrogens is 388 g/mol. The molecule has 0 amide bonds. The highest BCUT2D eigenvalue weighted by molar-refractivity contribution is 6.31. The van der Waals surface area contributed by atoms with E-state index in [0.717, 1.165) is 16.8 Å². The first-order chi connectivity index (χ1) is 16.8. The molecule has 152 valence electrons. The minimum atomic E-state index is -2.12. The second kappa shape index (κ2) is 6.08. The molecule has 2 nitrogen and oxygen atoms in total. The van der Waals surface area contributed by atoms with Crippen LogP contribution in [0.3, 0.4) is 0 Å². The van der Waals surface area contributed by atoms with Gasteiger partial charge in [-0.3, -0.25) is 0 Å². The molecule has 0 N–H and O–H groups in total. The van der Waals surface area contributed by atoms with Crippen molar-refractivity contribution in [2.45, 2.75) is 13.8 Å². The molecule has 0 unspecified atom stereocenters. The molecule has 7 rings (SSSR count). The Balaban J connectivity index is 1.63. The number of para-hydroxylation sites is 2. The fraction of sp³-hybridized carbons (Fsp3) is 0.100. The van der Waals surface area contributed by atoms with Gasteiger partial charge in [-0.05, 0) is 60.4 Å². The van der Waals surface area contributed by atoms with Gasteiger partial charge in [0.2, 0.25) is 5.69 Å². The summed E-state index contributed by atoms with van der Waals surface area (Å²) in [4.78, 5) is 0. The molecule has 0 aliphatic rings. The van der Waals surface area contributed by atoms with Crippen molar-refractivity contribution in [2.24, 2.45) is 7.05 Å². The van der Waals surface area contributed by atoms with Crippen LogP contribution in [0.15, 0.2) is 85.1 Å². The molecule has 2 heteroatoms. The summed E-state index contributed by atoms with van der Waals surface area (Å²) < 4.78 is 27.6. The van der Waals surface area contributed by atoms with Crippen molar-refractivity contribution in [2.75, 3.05) is 0 Å². The number of aromatic nitrogens is 2. The molecule has 0 fully saturated rings. The maximum Gasteiger partial charge on any atom is 0.212 e. The van der Waals surface area contributed by atoms with E-state index in [-0.39, 0.29) is 0 Å². The number of fused-ring (bicyclic) bond motifs is 8. The smallest absolute Gasteiger partial charge is 0.212 e. The number of hydrogen-bond donors (Lipinski definition) is 0. The number of aryl methyl sites for hydroxylation is 3. The molecule has 0 radical (unpaired) electrons. The SMILES string of the molecule is [2H]C([2H])([2H])c1ccc(-c2cc3c(cc2C)cc2c4ccccc4n4c5ccccc5c3c24)[n+](C)c1. The van der Waals surface area contributed by atoms with Gasteiger partial charge in [-0.1, -0.05) is 42.5 Å². The number of nitrogens with zero attached hydrogens (tertiary/aromatic N) is 2. The molecule has 0 saturated carbocycles. The van der Waals surface area contributed by atoms with Crippen LogP contribution in [0.5, 0.6) is 0 Å². The Morgan fingerprint density at radius 3 is 2.31 bits per heavy atom. The zero-order valence-electron chi connectivity index (χ0n) is 21.0. The lowest BCUT2D eigenvalue weighted by atomic mass is 9.94. The van der Waals surface area contributed by atoms with Gasteiger partial charge in [-0.15, -0.1) is 0 Å². The molecule has 0 bridgehead atoms. The first-order valence-corrected chi connectivity index (χ1v) is 10.9. The standard InChI is InChI=1S/C30H23N2/c1-18-12-13-26(31(3)17-18)23-16-24-20(14-19(23)2)15-25-21-8-4-6-10-27(21)32-28-11-7-5-9-22(28)29(24)30(25)32/h4-17H,1-3H3/q+1/i1D3. The lowest BCUT2D eigenvalue weighted by molar-refractivity contribution is -0.660. The molecule has 7 aromatic rings. The van der Waals surface area contributed by atoms with Gasteiger partial charge in [0.25, 0.3) is 0 Å². The topological polar surface area (TPSA) is 8.29 Å². The number of hydrogen-bond acceptors (Lipinski definition) is 0. The average molecular weight is 415 g/mol. The van der Waals surface area contributed by atoms with Crippen molar-refractivity contribution in [3.63, 3.8) is 0 Å². The lowest BCUT2D eigenvalue weighted by Crippen LogP contribution is -2.31. The number of benzene rings is 4. The Hall–Kier alpha value is -3.91. The van der Waals surface area contributed by atoms with E-state index in [9.17, 15) is 0 Å². The van der Waals surface area contributed by atoms with Crippen LogP contribution in [-0.2, 0) is 7.05 Å². The van der Waals surface area contributed by atoms with Gasteiger partial charge in [0.05, 0.1) is 16.6 Å². The van der Waals surface area contributed by atoms with Crippen molar-refractivity contribution in [1.82, 2.24) is 4.40 Å². The Bertz CT molecular complexity index is 1960. The Labute approximate surface area is 190 Å². The van der Waals surface area contributed by atoms with Gasteiger partial charge in [0.15, 0.2) is 6.20 Å². The van der Waals surface area contributed by atoms with Gasteiger partial charge in [-0.25, -0.2) is 4.57 Å². The third kappa shape index (κ3) is 2.17. The molecule has 32 heavy (non-hydrogen) atoms. The van der Waals surface area contributed by atoms with Crippen LogP contribution < -0.4 is 4.57 Å². The quantitative estimate of drug-likeness (QED) is 0.253. The first-order valence-electron chi connectivity index (χ1n) is 12.4. The van der Waals surface area contributed by atoms with E-state index in [1.807, 2.05) is 17.7 Å². The zero-order chi connectivity index (χ0) is 24.1. The normalized spacial score (nSPS) is 14.0. The summed E-state index contributed by atoms with van der Waals surface area (Å²) in [5.41, 5.74) is 7.33. The van der Waals surface area contributed by atoms with Crippen molar-refractivity contribution >= 4 is 48.9 Å². The highest BCUT2D eigenvalue weighted by Crippen LogP contribution is 2.43. The summed E-state index contributed by atoms with van der Waals surface area (Å²) in [5, 5.41) is 7.50. The summed E-state index contributed by atoms with van der Waals surface area (Å²) in [6, 6.07) is 27.8. The van der Waals surface area contributed by atoms with Gasteiger partial charge >= 0.3 is 0 Å². The van der Waals surface area contributed by atoms with Crippen LogP contribution in [0.4, 0.5) is 0 Å². The van der Waals surface area contributed by atoms with Crippen LogP contribution in [0.25, 0.3) is 60.1 Å². The van der Waals surface area contributed by atoms with Gasteiger partial charge in [-0.2, -0.15) is 0 Å². The van der Waals surface area contributed by atoms with Crippen molar-refractivity contribution in [1.29, 1.82) is 0 Å². The number of pyridine rings is 1. The summed E-state index contributed by atoms with van der Waals surface area (Å²) >= 11 is 0. The average Bonchev–Trinajstić information content (AvgIpc) is 3.34. The highest BCUT2D eigenvalue weighted by atomic mass is 14.9. The first kappa shape index (κ1) is 15.0. The lowest BCUT2D eigenvalue weighted by Gasteiger charge is -2.09. The summed E-state index contributed by atoms with van der Waals surface area (Å²) in [6.45, 7) is 0.0105. The summed E-state index contributed by atoms with van der Waals surface area (Å²) in [5.74, 6) is 0. The number of rotatable bonds is 1. The molecule has 0 spiro atoms. The minimum Gasteiger partial charge on any atom is -0.308 e. The van der Waals surface area contributed by atoms with Crippen molar-refractivity contribution < 1.29 is 8.68 Å². The van der Waals surface area contributed by atoms with E-state index in [2.05, 4.69) is 78.1 Å². The van der Waals surface area contributed by atoms with Crippen LogP contribution in [0.2, 0.25) is 0 Å². The summed E-state index contributed by atoms with van der Waals surface area (Å²) in [7, 11) is 1.92. The highest BCUT2D eigenvalue weighted by Gasteiger charge is 2.21. The van der Waals surface area contributed by atoms with E-state index < -0.39 is 6.85 Å². The van der Waals surface area contributed by atoms with Crippen LogP contribution in [0.1, 0.15) is 15.2 Å². The Morgan fingerprint density at radius 2 is 1.53 bits per heavy atom. The molecule has 3 heterocycles. The second-order valence-electron chi connectivity index (χ2n) is 8.82. The molecule has 3 aromatic heterocycles. The third-order valence-electron chi connectivity index (χ3n) is 6.94. The molecule has 0 aliphatic heterocycles. The van der Waals surface area contributed by atoms with E-state index in [0.29, 0.717) is 5.56 Å². The molecule has 0 atom stereocenters. The predicted molar refractivity (Wildman–Crippen MR) is 135 cm³/mol. The van der Waals surface area contributed by atoms with Crippen LogP contribution in [0, 0.1) is 13.8 Å². The summed E-state index contributed by atoms with van der Waals surface area (Å²) in [6.07, 6.45) is 1.72. The van der Waals surface area contributed by atoms with Crippen LogP contribution >= 0.6 is 0 Å². The maximum absolute atomic E-state index is 7.76. The van der Waals surface area contributed by atoms with E-state index in [1.165, 1.54) is 48.9 Å². The molecule has 0 aliphatic carbocycles. The largest absolute Gasteiger partial charge is 0.308 e. The minimum absolute atomic E-state index is 0.348. The molecule has 4 aromatic carbocycles. The van der Waals surface area contributed by atoms with Crippen molar-refractivity contribution in [3.05, 3.63) is 96.2 Å². The molecule has 0 saturated heterocycles. The van der Waals surface area contributed by atoms with Crippen molar-refractivity contribution in [3.8, 4) is 11.3 Å². The zero-order valence-corrected chi connectivity index (χ0v) is 18.0. The maximum atomic E-state index is 7.76. The Kier molecular flexibility index (Phi) is 2.85. The van der Waals surface area contributed by atoms with E-state index in [4.69, 9.17) is 4.11 Å². The molecular formula is C30H23N2+. The Morgan fingerprint density at radius 1 is 0.781 bits per heavy atom. The monoisotopic (exact) mass is 414 g/mol. The second-order valence-corrected chi connectivity index (χ2v) is 8.82. The predicted octanol–water partition coefficient (Wildman–Crippen LogP) is 7.10. The van der Waals surface area contributed by atoms with Crippen LogP contribution in [-0.4, -0.2) is 4.40 Å². The van der Waals surface area contributed by atoms with E-state index in [1.54, 1.807) is 12.3 Å². The van der Waals surface area contributed by atoms with Gasteiger partial charge < -0.3 is 4.40 Å². The third-order valence-corrected chi connectivity index (χ3v) is 6.94. The van der Waals surface area contributed by atoms with Gasteiger partial charge in [0.1, 0.15) is 7.05 Å². The fourth-order valence-electron chi connectivity index (χ4n) is 5.57. The van der Waals surface area contributed by atoms with E-state index >= 15 is 0 Å².